The zero-order valence-corrected chi connectivity index (χ0v) is 18.0. The van der Waals surface area contributed by atoms with Crippen LogP contribution in [0.3, 0.4) is 0 Å². The smallest absolute Gasteiger partial charge is 0.222 e. The third-order valence-corrected chi connectivity index (χ3v) is 5.84. The van der Waals surface area contributed by atoms with Crippen LogP contribution in [-0.2, 0) is 4.79 Å². The molecular weight excluding hydrogens is 338 g/mol. The third kappa shape index (κ3) is 6.98. The lowest BCUT2D eigenvalue weighted by molar-refractivity contribution is -0.129. The number of nitrogens with zero attached hydrogens (tertiary/aromatic N) is 3. The Labute approximate surface area is 166 Å². The molecule has 2 atom stereocenters. The maximum absolute atomic E-state index is 11.9. The van der Waals surface area contributed by atoms with Crippen molar-refractivity contribution in [1.29, 1.82) is 0 Å². The molecule has 27 heavy (non-hydrogen) atoms. The van der Waals surface area contributed by atoms with Gasteiger partial charge in [0.25, 0.3) is 0 Å². The van der Waals surface area contributed by atoms with Crippen molar-refractivity contribution in [2.75, 3.05) is 39.3 Å². The average molecular weight is 380 g/mol. The van der Waals surface area contributed by atoms with Gasteiger partial charge in [0.1, 0.15) is 0 Å². The molecular formula is C21H41N5O. The van der Waals surface area contributed by atoms with Gasteiger partial charge in [-0.15, -0.1) is 0 Å². The second kappa shape index (κ2) is 11.5. The monoisotopic (exact) mass is 379 g/mol. The van der Waals surface area contributed by atoms with E-state index in [0.717, 1.165) is 38.6 Å². The molecule has 0 bridgehead atoms. The van der Waals surface area contributed by atoms with Gasteiger partial charge in [-0.05, 0) is 45.2 Å². The predicted octanol–water partition coefficient (Wildman–Crippen LogP) is 2.45. The van der Waals surface area contributed by atoms with Gasteiger partial charge < -0.3 is 15.5 Å². The highest BCUT2D eigenvalue weighted by atomic mass is 16.2. The number of likely N-dealkylation sites (tertiary alicyclic amines) is 2. The highest BCUT2D eigenvalue weighted by Gasteiger charge is 2.26. The summed E-state index contributed by atoms with van der Waals surface area (Å²) in [6.07, 6.45) is 6.94. The molecule has 2 aliphatic rings. The first-order chi connectivity index (χ1) is 13.0. The first-order valence-electron chi connectivity index (χ1n) is 11.1. The Hall–Kier alpha value is -1.30. The third-order valence-electron chi connectivity index (χ3n) is 5.84. The van der Waals surface area contributed by atoms with E-state index in [9.17, 15) is 4.79 Å². The maximum Gasteiger partial charge on any atom is 0.222 e. The van der Waals surface area contributed by atoms with Gasteiger partial charge in [0.15, 0.2) is 5.96 Å². The second-order valence-corrected chi connectivity index (χ2v) is 8.30. The number of rotatable bonds is 7. The average Bonchev–Trinajstić information content (AvgIpc) is 2.95. The van der Waals surface area contributed by atoms with E-state index in [2.05, 4.69) is 36.3 Å². The Morgan fingerprint density at radius 2 is 1.81 bits per heavy atom. The summed E-state index contributed by atoms with van der Waals surface area (Å²) in [7, 11) is 0. The molecule has 0 radical (unpaired) electrons. The summed E-state index contributed by atoms with van der Waals surface area (Å²) < 4.78 is 0. The molecule has 0 spiro atoms. The fourth-order valence-corrected chi connectivity index (χ4v) is 4.20. The minimum atomic E-state index is 0.252. The van der Waals surface area contributed by atoms with Crippen LogP contribution in [0, 0.1) is 5.92 Å². The van der Waals surface area contributed by atoms with E-state index in [1.54, 1.807) is 0 Å². The van der Waals surface area contributed by atoms with Crippen molar-refractivity contribution in [1.82, 2.24) is 20.4 Å². The number of carbonyl (C=O) groups is 1. The quantitative estimate of drug-likeness (QED) is 0.527. The molecule has 2 heterocycles. The lowest BCUT2D eigenvalue weighted by Crippen LogP contribution is -2.47. The minimum absolute atomic E-state index is 0.252. The first-order valence-corrected chi connectivity index (χ1v) is 11.1. The van der Waals surface area contributed by atoms with Crippen molar-refractivity contribution in [2.45, 2.75) is 78.3 Å². The number of amides is 1. The summed E-state index contributed by atoms with van der Waals surface area (Å²) in [6.45, 7) is 14.4. The number of nitrogens with one attached hydrogen (secondary N) is 2. The number of hydrogen-bond donors (Lipinski definition) is 2. The fraction of sp³-hybridized carbons (Fsp3) is 0.905. The van der Waals surface area contributed by atoms with Crippen LogP contribution in [0.2, 0.25) is 0 Å². The van der Waals surface area contributed by atoms with E-state index >= 15 is 0 Å². The molecule has 2 aliphatic heterocycles. The van der Waals surface area contributed by atoms with Gasteiger partial charge in [-0.3, -0.25) is 14.7 Å². The molecule has 2 rings (SSSR count). The number of carbonyl (C=O) groups excluding carboxylic acids is 1. The topological polar surface area (TPSA) is 60.0 Å². The van der Waals surface area contributed by atoms with Crippen molar-refractivity contribution >= 4 is 11.9 Å². The summed E-state index contributed by atoms with van der Waals surface area (Å²) >= 11 is 0. The summed E-state index contributed by atoms with van der Waals surface area (Å²) in [5, 5.41) is 6.96. The zero-order valence-electron chi connectivity index (χ0n) is 18.0. The Balaban J connectivity index is 1.95. The molecule has 0 aliphatic carbocycles. The number of aliphatic imine (C=N–C) groups is 1. The Morgan fingerprint density at radius 1 is 1.11 bits per heavy atom. The van der Waals surface area contributed by atoms with E-state index < -0.39 is 0 Å². The minimum Gasteiger partial charge on any atom is -0.357 e. The molecule has 2 fully saturated rings. The van der Waals surface area contributed by atoms with Crippen molar-refractivity contribution in [3.8, 4) is 0 Å². The molecule has 2 unspecified atom stereocenters. The predicted molar refractivity (Wildman–Crippen MR) is 113 cm³/mol. The lowest BCUT2D eigenvalue weighted by Gasteiger charge is -2.32. The second-order valence-electron chi connectivity index (χ2n) is 8.30. The van der Waals surface area contributed by atoms with Crippen LogP contribution in [0.1, 0.15) is 66.2 Å². The van der Waals surface area contributed by atoms with Crippen molar-refractivity contribution in [3.63, 3.8) is 0 Å². The van der Waals surface area contributed by atoms with Crippen molar-refractivity contribution in [3.05, 3.63) is 0 Å². The molecule has 6 nitrogen and oxygen atoms in total. The van der Waals surface area contributed by atoms with E-state index in [1.807, 2.05) is 11.8 Å². The summed E-state index contributed by atoms with van der Waals surface area (Å²) in [4.78, 5) is 21.5. The SMILES string of the molecule is CCNC(=NCC(C(C)C)N1CCCCCC1)NC1CCN(C(=O)CC)C1. The Morgan fingerprint density at radius 3 is 2.41 bits per heavy atom. The summed E-state index contributed by atoms with van der Waals surface area (Å²) in [5.41, 5.74) is 0. The summed E-state index contributed by atoms with van der Waals surface area (Å²) in [5.74, 6) is 1.75. The molecule has 0 aromatic rings. The molecule has 0 aromatic heterocycles. The van der Waals surface area contributed by atoms with Gasteiger partial charge in [-0.1, -0.05) is 33.6 Å². The normalized spacial score (nSPS) is 23.4. The number of guanidine groups is 1. The molecule has 1 amide bonds. The number of hydrogen-bond acceptors (Lipinski definition) is 3. The van der Waals surface area contributed by atoms with Crippen LogP contribution in [0.5, 0.6) is 0 Å². The van der Waals surface area contributed by atoms with Crippen molar-refractivity contribution in [2.24, 2.45) is 10.9 Å². The highest BCUT2D eigenvalue weighted by Crippen LogP contribution is 2.18. The highest BCUT2D eigenvalue weighted by molar-refractivity contribution is 5.80. The van der Waals surface area contributed by atoms with Crippen LogP contribution in [0.15, 0.2) is 4.99 Å². The van der Waals surface area contributed by atoms with E-state index in [1.165, 1.54) is 38.8 Å². The van der Waals surface area contributed by atoms with Gasteiger partial charge >= 0.3 is 0 Å². The van der Waals surface area contributed by atoms with E-state index in [-0.39, 0.29) is 5.91 Å². The molecule has 2 N–H and O–H groups in total. The molecule has 0 saturated carbocycles. The van der Waals surface area contributed by atoms with Gasteiger partial charge in [-0.25, -0.2) is 0 Å². The summed E-state index contributed by atoms with van der Waals surface area (Å²) in [6, 6.07) is 0.800. The Kier molecular flexibility index (Phi) is 9.39. The lowest BCUT2D eigenvalue weighted by atomic mass is 10.0. The van der Waals surface area contributed by atoms with E-state index in [0.29, 0.717) is 24.4 Å². The van der Waals surface area contributed by atoms with Crippen molar-refractivity contribution < 1.29 is 4.79 Å². The van der Waals surface area contributed by atoms with Gasteiger partial charge in [0.05, 0.1) is 6.54 Å². The fourth-order valence-electron chi connectivity index (χ4n) is 4.20. The standard InChI is InChI=1S/C21H41N5O/c1-5-20(27)26-14-11-18(16-26)24-21(22-6-2)23-15-19(17(3)4)25-12-9-7-8-10-13-25/h17-19H,5-16H2,1-4H3,(H2,22,23,24). The molecule has 156 valence electrons. The van der Waals surface area contributed by atoms with Crippen LogP contribution >= 0.6 is 0 Å². The maximum atomic E-state index is 11.9. The molecule has 2 saturated heterocycles. The first kappa shape index (κ1) is 22.0. The van der Waals surface area contributed by atoms with Gasteiger partial charge in [0.2, 0.25) is 5.91 Å². The zero-order chi connectivity index (χ0) is 19.6. The van der Waals surface area contributed by atoms with Crippen LogP contribution in [0.4, 0.5) is 0 Å². The Bertz CT molecular complexity index is 471. The van der Waals surface area contributed by atoms with Crippen LogP contribution < -0.4 is 10.6 Å². The van der Waals surface area contributed by atoms with Crippen LogP contribution in [0.25, 0.3) is 0 Å². The largest absolute Gasteiger partial charge is 0.357 e. The van der Waals surface area contributed by atoms with Crippen LogP contribution in [-0.4, -0.2) is 73.0 Å². The molecule has 0 aromatic carbocycles. The van der Waals surface area contributed by atoms with Gasteiger partial charge in [0, 0.05) is 38.1 Å². The van der Waals surface area contributed by atoms with Gasteiger partial charge in [-0.2, -0.15) is 0 Å². The molecule has 6 heteroatoms. The van der Waals surface area contributed by atoms with E-state index in [4.69, 9.17) is 4.99 Å².